The van der Waals surface area contributed by atoms with Crippen LogP contribution in [0.2, 0.25) is 0 Å². The van der Waals surface area contributed by atoms with E-state index in [1.165, 1.54) is 22.5 Å². The second-order valence-electron chi connectivity index (χ2n) is 5.47. The molecule has 0 aliphatic carbocycles. The van der Waals surface area contributed by atoms with Crippen molar-refractivity contribution in [2.75, 3.05) is 30.9 Å². The summed E-state index contributed by atoms with van der Waals surface area (Å²) >= 11 is 0. The van der Waals surface area contributed by atoms with Crippen molar-refractivity contribution in [1.82, 2.24) is 0 Å². The van der Waals surface area contributed by atoms with Crippen molar-refractivity contribution in [3.05, 3.63) is 65.7 Å². The Morgan fingerprint density at radius 1 is 0.952 bits per heavy atom. The lowest BCUT2D eigenvalue weighted by Crippen LogP contribution is -2.07. The smallest absolute Gasteiger partial charge is 0.0361 e. The molecule has 0 amide bonds. The van der Waals surface area contributed by atoms with Gasteiger partial charge in [0.05, 0.1) is 0 Å². The second-order valence-corrected chi connectivity index (χ2v) is 5.47. The third kappa shape index (κ3) is 4.99. The van der Waals surface area contributed by atoms with Crippen LogP contribution in [-0.2, 0) is 0 Å². The molecule has 0 atom stereocenters. The molecule has 0 unspecified atom stereocenters. The van der Waals surface area contributed by atoms with Crippen LogP contribution in [0.1, 0.15) is 17.5 Å². The van der Waals surface area contributed by atoms with Gasteiger partial charge in [-0.2, -0.15) is 0 Å². The maximum atomic E-state index is 3.42. The minimum Gasteiger partial charge on any atom is -0.385 e. The fraction of sp³-hybridized carbons (Fsp3) is 0.263. The summed E-state index contributed by atoms with van der Waals surface area (Å²) in [5.41, 5.74) is 4.95. The van der Waals surface area contributed by atoms with E-state index in [4.69, 9.17) is 0 Å². The zero-order valence-electron chi connectivity index (χ0n) is 13.1. The first-order valence-electron chi connectivity index (χ1n) is 7.39. The van der Waals surface area contributed by atoms with Gasteiger partial charge in [0, 0.05) is 32.0 Å². The maximum Gasteiger partial charge on any atom is 0.0361 e. The number of anilines is 2. The Hall–Kier alpha value is -2.22. The Bertz CT molecular complexity index is 566. The van der Waals surface area contributed by atoms with Crippen LogP contribution in [0.15, 0.2) is 54.6 Å². The highest BCUT2D eigenvalue weighted by molar-refractivity contribution is 5.55. The largest absolute Gasteiger partial charge is 0.385 e. The van der Waals surface area contributed by atoms with E-state index < -0.39 is 0 Å². The molecule has 21 heavy (non-hydrogen) atoms. The summed E-state index contributed by atoms with van der Waals surface area (Å²) in [6.07, 6.45) is 5.41. The van der Waals surface area contributed by atoms with Crippen molar-refractivity contribution in [2.24, 2.45) is 0 Å². The molecule has 0 aliphatic rings. The Morgan fingerprint density at radius 2 is 1.62 bits per heavy atom. The van der Waals surface area contributed by atoms with Gasteiger partial charge in [-0.1, -0.05) is 42.0 Å². The Balaban J connectivity index is 1.76. The van der Waals surface area contributed by atoms with Gasteiger partial charge in [-0.3, -0.25) is 0 Å². The van der Waals surface area contributed by atoms with Gasteiger partial charge in [0.1, 0.15) is 0 Å². The highest BCUT2D eigenvalue weighted by Gasteiger charge is 1.93. The summed E-state index contributed by atoms with van der Waals surface area (Å²) in [4.78, 5) is 2.11. The number of hydrogen-bond acceptors (Lipinski definition) is 2. The zero-order valence-corrected chi connectivity index (χ0v) is 13.1. The lowest BCUT2D eigenvalue weighted by molar-refractivity contribution is 1.07. The third-order valence-corrected chi connectivity index (χ3v) is 3.41. The van der Waals surface area contributed by atoms with Gasteiger partial charge in [0.2, 0.25) is 0 Å². The molecule has 110 valence electrons. The van der Waals surface area contributed by atoms with Gasteiger partial charge in [0.25, 0.3) is 0 Å². The van der Waals surface area contributed by atoms with Gasteiger partial charge in [0.15, 0.2) is 0 Å². The number of rotatable bonds is 6. The zero-order chi connectivity index (χ0) is 15.1. The molecule has 0 bridgehead atoms. The van der Waals surface area contributed by atoms with Crippen LogP contribution in [0.5, 0.6) is 0 Å². The number of nitrogens with one attached hydrogen (secondary N) is 1. The summed E-state index contributed by atoms with van der Waals surface area (Å²) in [5, 5.41) is 3.42. The number of aryl methyl sites for hydroxylation is 1. The lowest BCUT2D eigenvalue weighted by atomic mass is 10.1. The Kier molecular flexibility index (Phi) is 5.44. The highest BCUT2D eigenvalue weighted by Crippen LogP contribution is 2.13. The summed E-state index contributed by atoms with van der Waals surface area (Å²) in [7, 11) is 4.11. The minimum atomic E-state index is 0.954. The molecule has 0 aliphatic heterocycles. The molecule has 2 nitrogen and oxygen atoms in total. The van der Waals surface area contributed by atoms with Crippen molar-refractivity contribution < 1.29 is 0 Å². The quantitative estimate of drug-likeness (QED) is 0.779. The van der Waals surface area contributed by atoms with Crippen LogP contribution < -0.4 is 10.2 Å². The monoisotopic (exact) mass is 280 g/mol. The first-order chi connectivity index (χ1) is 10.1. The topological polar surface area (TPSA) is 15.3 Å². The van der Waals surface area contributed by atoms with E-state index in [1.807, 2.05) is 0 Å². The summed E-state index contributed by atoms with van der Waals surface area (Å²) in [5.74, 6) is 0. The molecule has 1 N–H and O–H groups in total. The fourth-order valence-electron chi connectivity index (χ4n) is 2.07. The van der Waals surface area contributed by atoms with Gasteiger partial charge < -0.3 is 10.2 Å². The van der Waals surface area contributed by atoms with Gasteiger partial charge in [-0.15, -0.1) is 0 Å². The normalized spacial score (nSPS) is 10.8. The molecule has 0 spiro atoms. The average molecular weight is 280 g/mol. The van der Waals surface area contributed by atoms with E-state index in [1.54, 1.807) is 0 Å². The van der Waals surface area contributed by atoms with Crippen LogP contribution in [-0.4, -0.2) is 20.6 Å². The Labute approximate surface area is 128 Å². The molecule has 0 heterocycles. The van der Waals surface area contributed by atoms with Gasteiger partial charge >= 0.3 is 0 Å². The second kappa shape index (κ2) is 7.53. The first-order valence-corrected chi connectivity index (χ1v) is 7.39. The van der Waals surface area contributed by atoms with Crippen LogP contribution in [0.3, 0.4) is 0 Å². The van der Waals surface area contributed by atoms with Crippen LogP contribution in [0.25, 0.3) is 6.08 Å². The molecule has 0 fully saturated rings. The van der Waals surface area contributed by atoms with E-state index in [0.29, 0.717) is 0 Å². The fourth-order valence-corrected chi connectivity index (χ4v) is 2.07. The predicted molar refractivity (Wildman–Crippen MR) is 94.1 cm³/mol. The Morgan fingerprint density at radius 3 is 2.24 bits per heavy atom. The van der Waals surface area contributed by atoms with Gasteiger partial charge in [-0.05, 0) is 43.2 Å². The van der Waals surface area contributed by atoms with Crippen LogP contribution in [0.4, 0.5) is 11.4 Å². The minimum absolute atomic E-state index is 0.954. The molecule has 2 heteroatoms. The molecule has 2 aromatic carbocycles. The number of nitrogens with zero attached hydrogens (tertiary/aromatic N) is 1. The van der Waals surface area contributed by atoms with Crippen molar-refractivity contribution in [2.45, 2.75) is 13.3 Å². The third-order valence-electron chi connectivity index (χ3n) is 3.41. The van der Waals surface area contributed by atoms with Crippen LogP contribution in [0, 0.1) is 6.92 Å². The van der Waals surface area contributed by atoms with E-state index in [0.717, 1.165) is 13.0 Å². The van der Waals surface area contributed by atoms with E-state index >= 15 is 0 Å². The number of benzene rings is 2. The highest BCUT2D eigenvalue weighted by atomic mass is 15.1. The van der Waals surface area contributed by atoms with Crippen molar-refractivity contribution >= 4 is 17.5 Å². The van der Waals surface area contributed by atoms with Crippen molar-refractivity contribution in [1.29, 1.82) is 0 Å². The lowest BCUT2D eigenvalue weighted by Gasteiger charge is -2.11. The molecule has 2 rings (SSSR count). The summed E-state index contributed by atoms with van der Waals surface area (Å²) in [6, 6.07) is 17.1. The molecule has 0 saturated heterocycles. The van der Waals surface area contributed by atoms with E-state index in [9.17, 15) is 0 Å². The summed E-state index contributed by atoms with van der Waals surface area (Å²) in [6.45, 7) is 3.06. The molecule has 0 radical (unpaired) electrons. The summed E-state index contributed by atoms with van der Waals surface area (Å²) < 4.78 is 0. The SMILES string of the molecule is Cc1ccc(NCC/C=C/c2ccc(N(C)C)cc2)cc1. The predicted octanol–water partition coefficient (Wildman–Crippen LogP) is 4.58. The molecular formula is C19H24N2. The van der Waals surface area contributed by atoms with E-state index in [-0.39, 0.29) is 0 Å². The van der Waals surface area contributed by atoms with Gasteiger partial charge in [-0.25, -0.2) is 0 Å². The maximum absolute atomic E-state index is 3.42. The molecule has 2 aromatic rings. The van der Waals surface area contributed by atoms with Crippen molar-refractivity contribution in [3.8, 4) is 0 Å². The van der Waals surface area contributed by atoms with Crippen LogP contribution >= 0.6 is 0 Å². The number of hydrogen-bond donors (Lipinski definition) is 1. The van der Waals surface area contributed by atoms with E-state index in [2.05, 4.69) is 91.9 Å². The first kappa shape index (κ1) is 15.2. The average Bonchev–Trinajstić information content (AvgIpc) is 2.49. The standard InChI is InChI=1S/C19H24N2/c1-16-7-11-18(12-8-16)20-15-5-4-6-17-9-13-19(14-10-17)21(2)3/h4,6-14,20H,5,15H2,1-3H3/b6-4+. The molecular weight excluding hydrogens is 256 g/mol. The molecule has 0 saturated carbocycles. The molecule has 0 aromatic heterocycles. The van der Waals surface area contributed by atoms with Crippen molar-refractivity contribution in [3.63, 3.8) is 0 Å².